The third-order valence-corrected chi connectivity index (χ3v) is 4.63. The lowest BCUT2D eigenvalue weighted by Crippen LogP contribution is -2.57. The van der Waals surface area contributed by atoms with Gasteiger partial charge in [0.2, 0.25) is 5.91 Å². The molecule has 1 aliphatic heterocycles. The molecule has 0 aliphatic carbocycles. The number of amides is 2. The first-order valence-corrected chi connectivity index (χ1v) is 10.3. The lowest BCUT2D eigenvalue weighted by Gasteiger charge is -2.32. The van der Waals surface area contributed by atoms with Crippen molar-refractivity contribution in [3.8, 4) is 0 Å². The standard InChI is InChI=1S/C21H36N2O7/c1-7-9-10-11-29-16(8-2)17(22-20(27)30-21(3,4)5)18(25)23-13-14(24)12-15(23)19(26)28-6/h7,14-17,24H,1,8-13H2,2-6H3,(H,22,27). The van der Waals surface area contributed by atoms with Crippen LogP contribution < -0.4 is 5.32 Å². The number of carbonyl (C=O) groups excluding carboxylic acids is 3. The highest BCUT2D eigenvalue weighted by Crippen LogP contribution is 2.22. The number of alkyl carbamates (subject to hydrolysis) is 1. The lowest BCUT2D eigenvalue weighted by molar-refractivity contribution is -0.153. The zero-order valence-electron chi connectivity index (χ0n) is 18.7. The summed E-state index contributed by atoms with van der Waals surface area (Å²) in [5.74, 6) is -1.14. The van der Waals surface area contributed by atoms with Gasteiger partial charge in [-0.05, 0) is 40.0 Å². The second-order valence-electron chi connectivity index (χ2n) is 8.29. The van der Waals surface area contributed by atoms with E-state index in [1.807, 2.05) is 6.92 Å². The fourth-order valence-electron chi connectivity index (χ4n) is 3.26. The maximum atomic E-state index is 13.4. The third kappa shape index (κ3) is 7.95. The van der Waals surface area contributed by atoms with Crippen molar-refractivity contribution in [2.45, 2.75) is 83.3 Å². The number of allylic oxidation sites excluding steroid dienone is 1. The molecule has 1 heterocycles. The summed E-state index contributed by atoms with van der Waals surface area (Å²) in [6.07, 6.45) is 1.53. The number of aliphatic hydroxyl groups excluding tert-OH is 1. The highest BCUT2D eigenvalue weighted by atomic mass is 16.6. The molecule has 0 bridgehead atoms. The van der Waals surface area contributed by atoms with E-state index >= 15 is 0 Å². The highest BCUT2D eigenvalue weighted by Gasteiger charge is 2.44. The first kappa shape index (κ1) is 25.9. The molecule has 0 aromatic carbocycles. The summed E-state index contributed by atoms with van der Waals surface area (Å²) in [5, 5.41) is 12.6. The molecule has 4 atom stereocenters. The molecule has 172 valence electrons. The molecule has 0 spiro atoms. The summed E-state index contributed by atoms with van der Waals surface area (Å²) in [5.41, 5.74) is -0.747. The molecule has 0 radical (unpaired) electrons. The Morgan fingerprint density at radius 2 is 2.00 bits per heavy atom. The Bertz CT molecular complexity index is 603. The fourth-order valence-corrected chi connectivity index (χ4v) is 3.26. The van der Waals surface area contributed by atoms with Crippen molar-refractivity contribution < 1.29 is 33.7 Å². The summed E-state index contributed by atoms with van der Waals surface area (Å²) in [6.45, 7) is 11.0. The summed E-state index contributed by atoms with van der Waals surface area (Å²) in [4.78, 5) is 39.1. The van der Waals surface area contributed by atoms with Crippen LogP contribution >= 0.6 is 0 Å². The van der Waals surface area contributed by atoms with Crippen LogP contribution in [0.3, 0.4) is 0 Å². The minimum absolute atomic E-state index is 0.0298. The third-order valence-electron chi connectivity index (χ3n) is 4.63. The predicted molar refractivity (Wildman–Crippen MR) is 111 cm³/mol. The molecule has 1 rings (SSSR count). The van der Waals surface area contributed by atoms with Gasteiger partial charge in [0.25, 0.3) is 0 Å². The van der Waals surface area contributed by atoms with Gasteiger partial charge in [0.1, 0.15) is 17.7 Å². The predicted octanol–water partition coefficient (Wildman–Crippen LogP) is 1.78. The van der Waals surface area contributed by atoms with Crippen molar-refractivity contribution in [3.05, 3.63) is 12.7 Å². The van der Waals surface area contributed by atoms with Crippen LogP contribution in [0, 0.1) is 0 Å². The molecule has 2 amide bonds. The average Bonchev–Trinajstić information content (AvgIpc) is 3.06. The number of ether oxygens (including phenoxy) is 3. The maximum Gasteiger partial charge on any atom is 0.408 e. The van der Waals surface area contributed by atoms with E-state index in [1.165, 1.54) is 12.0 Å². The van der Waals surface area contributed by atoms with E-state index in [1.54, 1.807) is 26.8 Å². The van der Waals surface area contributed by atoms with Crippen LogP contribution in [0.1, 0.15) is 53.4 Å². The second kappa shape index (κ2) is 11.9. The van der Waals surface area contributed by atoms with E-state index in [2.05, 4.69) is 11.9 Å². The molecule has 9 nitrogen and oxygen atoms in total. The minimum Gasteiger partial charge on any atom is -0.467 e. The monoisotopic (exact) mass is 428 g/mol. The molecule has 2 N–H and O–H groups in total. The van der Waals surface area contributed by atoms with E-state index in [0.29, 0.717) is 13.0 Å². The minimum atomic E-state index is -1.08. The normalized spacial score (nSPS) is 20.9. The molecule has 9 heteroatoms. The van der Waals surface area contributed by atoms with E-state index in [9.17, 15) is 19.5 Å². The number of aliphatic hydroxyl groups is 1. The van der Waals surface area contributed by atoms with Crippen LogP contribution in [0.4, 0.5) is 4.79 Å². The molecule has 4 unspecified atom stereocenters. The smallest absolute Gasteiger partial charge is 0.408 e. The molecule has 1 aliphatic rings. The molecule has 1 saturated heterocycles. The van der Waals surface area contributed by atoms with Gasteiger partial charge in [-0.2, -0.15) is 0 Å². The number of hydrogen-bond donors (Lipinski definition) is 2. The quantitative estimate of drug-likeness (QED) is 0.310. The van der Waals surface area contributed by atoms with Gasteiger partial charge in [0, 0.05) is 19.6 Å². The van der Waals surface area contributed by atoms with Gasteiger partial charge in [-0.1, -0.05) is 13.0 Å². The van der Waals surface area contributed by atoms with Crippen molar-refractivity contribution in [1.29, 1.82) is 0 Å². The van der Waals surface area contributed by atoms with Crippen LogP contribution in [0.5, 0.6) is 0 Å². The molecule has 1 fully saturated rings. The number of likely N-dealkylation sites (tertiary alicyclic amines) is 1. The number of nitrogens with zero attached hydrogens (tertiary/aromatic N) is 1. The summed E-state index contributed by atoms with van der Waals surface area (Å²) in [7, 11) is 1.23. The molecule has 0 saturated carbocycles. The van der Waals surface area contributed by atoms with E-state index in [0.717, 1.165) is 12.8 Å². The molecular formula is C21H36N2O7. The summed E-state index contributed by atoms with van der Waals surface area (Å²) < 4.78 is 15.9. The van der Waals surface area contributed by atoms with Gasteiger partial charge in [-0.3, -0.25) is 4.79 Å². The summed E-state index contributed by atoms with van der Waals surface area (Å²) in [6, 6.07) is -2.00. The fraction of sp³-hybridized carbons (Fsp3) is 0.762. The Labute approximate surface area is 178 Å². The largest absolute Gasteiger partial charge is 0.467 e. The van der Waals surface area contributed by atoms with Gasteiger partial charge in [-0.15, -0.1) is 6.58 Å². The van der Waals surface area contributed by atoms with Gasteiger partial charge in [-0.25, -0.2) is 9.59 Å². The first-order valence-electron chi connectivity index (χ1n) is 10.3. The Hall–Kier alpha value is -2.13. The maximum absolute atomic E-state index is 13.4. The highest BCUT2D eigenvalue weighted by molar-refractivity contribution is 5.90. The van der Waals surface area contributed by atoms with Crippen molar-refractivity contribution in [2.24, 2.45) is 0 Å². The Kier molecular flexibility index (Phi) is 10.3. The van der Waals surface area contributed by atoms with Gasteiger partial charge >= 0.3 is 12.1 Å². The van der Waals surface area contributed by atoms with Crippen LogP contribution in [0.15, 0.2) is 12.7 Å². The Morgan fingerprint density at radius 3 is 2.53 bits per heavy atom. The van der Waals surface area contributed by atoms with Gasteiger partial charge in [0.15, 0.2) is 0 Å². The van der Waals surface area contributed by atoms with Crippen LogP contribution in [0.25, 0.3) is 0 Å². The number of carbonyl (C=O) groups is 3. The first-order chi connectivity index (χ1) is 14.0. The van der Waals surface area contributed by atoms with Gasteiger partial charge < -0.3 is 29.5 Å². The average molecular weight is 429 g/mol. The number of rotatable bonds is 10. The van der Waals surface area contributed by atoms with Crippen molar-refractivity contribution in [2.75, 3.05) is 20.3 Å². The Balaban J connectivity index is 3.06. The molecule has 30 heavy (non-hydrogen) atoms. The van der Waals surface area contributed by atoms with Crippen LogP contribution in [0.2, 0.25) is 0 Å². The molecule has 0 aromatic rings. The van der Waals surface area contributed by atoms with Crippen molar-refractivity contribution in [3.63, 3.8) is 0 Å². The lowest BCUT2D eigenvalue weighted by atomic mass is 10.1. The topological polar surface area (TPSA) is 114 Å². The van der Waals surface area contributed by atoms with Gasteiger partial charge in [0.05, 0.1) is 19.3 Å². The number of methoxy groups -OCH3 is 1. The van der Waals surface area contributed by atoms with E-state index < -0.39 is 47.9 Å². The second-order valence-corrected chi connectivity index (χ2v) is 8.29. The van der Waals surface area contributed by atoms with E-state index in [4.69, 9.17) is 14.2 Å². The SMILES string of the molecule is C=CCCCOC(CC)C(NC(=O)OC(C)(C)C)C(=O)N1CC(O)CC1C(=O)OC. The van der Waals surface area contributed by atoms with E-state index in [-0.39, 0.29) is 13.0 Å². The summed E-state index contributed by atoms with van der Waals surface area (Å²) >= 11 is 0. The number of unbranched alkanes of at least 4 members (excludes halogenated alkanes) is 1. The van der Waals surface area contributed by atoms with Crippen molar-refractivity contribution in [1.82, 2.24) is 10.2 Å². The number of nitrogens with one attached hydrogen (secondary N) is 1. The van der Waals surface area contributed by atoms with Crippen LogP contribution in [-0.4, -0.2) is 78.1 Å². The number of hydrogen-bond acceptors (Lipinski definition) is 7. The Morgan fingerprint density at radius 1 is 1.33 bits per heavy atom. The van der Waals surface area contributed by atoms with Crippen molar-refractivity contribution >= 4 is 18.0 Å². The zero-order valence-corrected chi connectivity index (χ0v) is 18.7. The number of β-amino-alcohol motifs (C(OH)–C–C–N with tert-alkyl or cyclic N) is 1. The molecule has 0 aromatic heterocycles. The molecular weight excluding hydrogens is 392 g/mol. The number of esters is 1. The van der Waals surface area contributed by atoms with Crippen LogP contribution in [-0.2, 0) is 23.8 Å². The zero-order chi connectivity index (χ0) is 22.9.